The first kappa shape index (κ1) is 20.6. The highest BCUT2D eigenvalue weighted by atomic mass is 16.5. The van der Waals surface area contributed by atoms with Crippen molar-refractivity contribution < 1.29 is 14.3 Å². The van der Waals surface area contributed by atoms with Crippen LogP contribution in [0.5, 0.6) is 0 Å². The molecule has 2 aliphatic heterocycles. The second-order valence-corrected chi connectivity index (χ2v) is 7.51. The number of anilines is 1. The van der Waals surface area contributed by atoms with E-state index >= 15 is 0 Å². The average molecular weight is 389 g/mol. The molecule has 0 aliphatic carbocycles. The number of hydrogen-bond donors (Lipinski definition) is 1. The number of rotatable bonds is 7. The summed E-state index contributed by atoms with van der Waals surface area (Å²) in [6, 6.07) is 4.40. The van der Waals surface area contributed by atoms with Crippen molar-refractivity contribution in [2.45, 2.75) is 45.4 Å². The Hall–Kier alpha value is -2.15. The topological polar surface area (TPSA) is 74.8 Å². The highest BCUT2D eigenvalue weighted by Gasteiger charge is 2.26. The molecule has 0 bridgehead atoms. The van der Waals surface area contributed by atoms with Crippen molar-refractivity contribution in [3.8, 4) is 0 Å². The zero-order valence-electron chi connectivity index (χ0n) is 16.9. The van der Waals surface area contributed by atoms with Crippen LogP contribution in [0.2, 0.25) is 0 Å². The number of piperazine rings is 1. The van der Waals surface area contributed by atoms with E-state index in [1.807, 2.05) is 0 Å². The Balaban J connectivity index is 1.29. The van der Waals surface area contributed by atoms with E-state index < -0.39 is 11.9 Å². The molecule has 28 heavy (non-hydrogen) atoms. The zero-order valence-corrected chi connectivity index (χ0v) is 16.9. The van der Waals surface area contributed by atoms with Gasteiger partial charge in [0.15, 0.2) is 0 Å². The van der Waals surface area contributed by atoms with Gasteiger partial charge in [-0.25, -0.2) is 9.78 Å². The summed E-state index contributed by atoms with van der Waals surface area (Å²) in [5.74, 6) is -0.158. The lowest BCUT2D eigenvalue weighted by molar-refractivity contribution is -0.160. The van der Waals surface area contributed by atoms with E-state index in [1.54, 1.807) is 11.8 Å². The molecular weight excluding hydrogens is 356 g/mol. The van der Waals surface area contributed by atoms with E-state index in [-0.39, 0.29) is 6.61 Å². The fourth-order valence-corrected chi connectivity index (χ4v) is 3.82. The summed E-state index contributed by atoms with van der Waals surface area (Å²) < 4.78 is 4.79. The number of aryl methyl sites for hydroxylation is 2. The molecule has 0 atom stereocenters. The third kappa shape index (κ3) is 5.67. The van der Waals surface area contributed by atoms with E-state index in [4.69, 9.17) is 9.72 Å². The maximum atomic E-state index is 11.9. The Morgan fingerprint density at radius 2 is 1.96 bits per heavy atom. The molecule has 7 heteroatoms. The molecule has 1 aromatic rings. The minimum atomic E-state index is -0.734. The Kier molecular flexibility index (Phi) is 7.65. The SMILES string of the molecule is CCOC(=O)C(=O)N1CCN(CCCCCc2ccc3c(n2)NCCC3)CC1. The number of pyridine rings is 1. The fourth-order valence-electron chi connectivity index (χ4n) is 3.82. The summed E-state index contributed by atoms with van der Waals surface area (Å²) >= 11 is 0. The first-order chi connectivity index (χ1) is 13.7. The van der Waals surface area contributed by atoms with Crippen molar-refractivity contribution in [2.75, 3.05) is 51.2 Å². The van der Waals surface area contributed by atoms with Gasteiger partial charge in [-0.15, -0.1) is 0 Å². The van der Waals surface area contributed by atoms with Crippen LogP contribution in [0.15, 0.2) is 12.1 Å². The quantitative estimate of drug-likeness (QED) is 0.437. The van der Waals surface area contributed by atoms with Gasteiger partial charge in [-0.05, 0) is 57.2 Å². The van der Waals surface area contributed by atoms with Crippen LogP contribution >= 0.6 is 0 Å². The minimum Gasteiger partial charge on any atom is -0.459 e. The highest BCUT2D eigenvalue weighted by molar-refractivity contribution is 6.32. The molecule has 0 radical (unpaired) electrons. The molecule has 1 saturated heterocycles. The Bertz CT molecular complexity index is 672. The molecule has 2 aliphatic rings. The van der Waals surface area contributed by atoms with E-state index in [0.29, 0.717) is 13.1 Å². The van der Waals surface area contributed by atoms with Crippen molar-refractivity contribution in [2.24, 2.45) is 0 Å². The molecule has 1 fully saturated rings. The van der Waals surface area contributed by atoms with Crippen molar-refractivity contribution in [3.63, 3.8) is 0 Å². The molecule has 0 aromatic carbocycles. The number of nitrogens with one attached hydrogen (secondary N) is 1. The lowest BCUT2D eigenvalue weighted by atomic mass is 10.1. The third-order valence-electron chi connectivity index (χ3n) is 5.47. The van der Waals surface area contributed by atoms with Gasteiger partial charge in [-0.2, -0.15) is 0 Å². The monoisotopic (exact) mass is 388 g/mol. The molecule has 154 valence electrons. The zero-order chi connectivity index (χ0) is 19.8. The Morgan fingerprint density at radius 3 is 2.75 bits per heavy atom. The van der Waals surface area contributed by atoms with Crippen LogP contribution in [0, 0.1) is 0 Å². The van der Waals surface area contributed by atoms with E-state index in [2.05, 4.69) is 22.3 Å². The lowest BCUT2D eigenvalue weighted by Gasteiger charge is -2.34. The molecule has 0 spiro atoms. The molecular formula is C21H32N4O3. The Morgan fingerprint density at radius 1 is 1.14 bits per heavy atom. The van der Waals surface area contributed by atoms with Gasteiger partial charge < -0.3 is 15.0 Å². The first-order valence-electron chi connectivity index (χ1n) is 10.6. The normalized spacial score (nSPS) is 17.0. The number of aromatic nitrogens is 1. The molecule has 0 unspecified atom stereocenters. The van der Waals surface area contributed by atoms with Gasteiger partial charge >= 0.3 is 11.9 Å². The van der Waals surface area contributed by atoms with Gasteiger partial charge in [0.2, 0.25) is 0 Å². The number of carbonyl (C=O) groups is 2. The second kappa shape index (κ2) is 10.4. The van der Waals surface area contributed by atoms with Crippen molar-refractivity contribution >= 4 is 17.7 Å². The molecule has 3 rings (SSSR count). The Labute approximate surface area is 167 Å². The van der Waals surface area contributed by atoms with E-state index in [9.17, 15) is 9.59 Å². The maximum absolute atomic E-state index is 11.9. The molecule has 1 aromatic heterocycles. The minimum absolute atomic E-state index is 0.238. The number of amides is 1. The second-order valence-electron chi connectivity index (χ2n) is 7.51. The van der Waals surface area contributed by atoms with E-state index in [0.717, 1.165) is 57.7 Å². The number of ether oxygens (including phenoxy) is 1. The number of esters is 1. The van der Waals surface area contributed by atoms with Crippen LogP contribution in [0.4, 0.5) is 5.82 Å². The van der Waals surface area contributed by atoms with Crippen LogP contribution in [-0.2, 0) is 27.2 Å². The van der Waals surface area contributed by atoms with Crippen LogP contribution in [0.3, 0.4) is 0 Å². The number of carbonyl (C=O) groups excluding carboxylic acids is 2. The molecule has 3 heterocycles. The largest absolute Gasteiger partial charge is 0.459 e. The number of nitrogens with zero attached hydrogens (tertiary/aromatic N) is 3. The predicted octanol–water partition coefficient (Wildman–Crippen LogP) is 1.86. The summed E-state index contributed by atoms with van der Waals surface area (Å²) in [7, 11) is 0. The van der Waals surface area contributed by atoms with Crippen LogP contribution < -0.4 is 5.32 Å². The molecule has 0 saturated carbocycles. The standard InChI is InChI=1S/C21H32N4O3/c1-2-28-21(27)20(26)25-15-13-24(14-16-25)12-5-3-4-8-18-10-9-17-7-6-11-22-19(17)23-18/h9-10H,2-8,11-16H2,1H3,(H,22,23). The average Bonchev–Trinajstić information content (AvgIpc) is 2.73. The smallest absolute Gasteiger partial charge is 0.397 e. The van der Waals surface area contributed by atoms with Gasteiger partial charge in [0.25, 0.3) is 0 Å². The van der Waals surface area contributed by atoms with Gasteiger partial charge in [0, 0.05) is 38.4 Å². The predicted molar refractivity (Wildman–Crippen MR) is 108 cm³/mol. The number of fused-ring (bicyclic) bond motifs is 1. The van der Waals surface area contributed by atoms with Crippen molar-refractivity contribution in [1.29, 1.82) is 0 Å². The summed E-state index contributed by atoms with van der Waals surface area (Å²) in [6.07, 6.45) is 6.82. The highest BCUT2D eigenvalue weighted by Crippen LogP contribution is 2.20. The first-order valence-corrected chi connectivity index (χ1v) is 10.6. The lowest BCUT2D eigenvalue weighted by Crippen LogP contribution is -2.51. The van der Waals surface area contributed by atoms with E-state index in [1.165, 1.54) is 24.1 Å². The van der Waals surface area contributed by atoms with Crippen LogP contribution in [0.1, 0.15) is 43.9 Å². The summed E-state index contributed by atoms with van der Waals surface area (Å²) in [5, 5.41) is 3.40. The summed E-state index contributed by atoms with van der Waals surface area (Å²) in [4.78, 5) is 32.2. The van der Waals surface area contributed by atoms with Crippen molar-refractivity contribution in [3.05, 3.63) is 23.4 Å². The van der Waals surface area contributed by atoms with Gasteiger partial charge in [-0.1, -0.05) is 12.5 Å². The van der Waals surface area contributed by atoms with Gasteiger partial charge in [0.05, 0.1) is 6.61 Å². The fraction of sp³-hybridized carbons (Fsp3) is 0.667. The molecule has 7 nitrogen and oxygen atoms in total. The summed E-state index contributed by atoms with van der Waals surface area (Å²) in [5.41, 5.74) is 2.52. The summed E-state index contributed by atoms with van der Waals surface area (Å²) in [6.45, 7) is 6.87. The van der Waals surface area contributed by atoms with Gasteiger partial charge in [0.1, 0.15) is 5.82 Å². The van der Waals surface area contributed by atoms with Gasteiger partial charge in [-0.3, -0.25) is 9.69 Å². The third-order valence-corrected chi connectivity index (χ3v) is 5.47. The molecule has 1 N–H and O–H groups in total. The van der Waals surface area contributed by atoms with Crippen LogP contribution in [0.25, 0.3) is 0 Å². The number of hydrogen-bond acceptors (Lipinski definition) is 6. The van der Waals surface area contributed by atoms with Crippen molar-refractivity contribution in [1.82, 2.24) is 14.8 Å². The molecule has 1 amide bonds. The number of unbranched alkanes of at least 4 members (excludes halogenated alkanes) is 2. The van der Waals surface area contributed by atoms with Crippen LogP contribution in [-0.4, -0.2) is 72.5 Å². The maximum Gasteiger partial charge on any atom is 0.397 e.